The highest BCUT2D eigenvalue weighted by Gasteiger charge is 2.16. The predicted molar refractivity (Wildman–Crippen MR) is 90.5 cm³/mol. The van der Waals surface area contributed by atoms with Gasteiger partial charge in [0.2, 0.25) is 0 Å². The summed E-state index contributed by atoms with van der Waals surface area (Å²) in [5.41, 5.74) is 2.68. The molecule has 4 heteroatoms. The van der Waals surface area contributed by atoms with E-state index in [0.29, 0.717) is 6.54 Å². The van der Waals surface area contributed by atoms with Crippen molar-refractivity contribution in [2.45, 2.75) is 32.9 Å². The van der Waals surface area contributed by atoms with Gasteiger partial charge in [-0.2, -0.15) is 0 Å². The molecule has 1 heterocycles. The fraction of sp³-hybridized carbons (Fsp3) is 0.389. The van der Waals surface area contributed by atoms with E-state index in [1.807, 2.05) is 48.0 Å². The lowest BCUT2D eigenvalue weighted by Crippen LogP contribution is -2.29. The Hall–Kier alpha value is -2.07. The predicted octanol–water partition coefficient (Wildman–Crippen LogP) is 3.21. The first-order valence-corrected chi connectivity index (χ1v) is 7.66. The first-order valence-electron chi connectivity index (χ1n) is 7.66. The maximum atomic E-state index is 12.8. The standard InChI is InChI=1S/C18H24N2O2/c1-5-13(2)20-16(11-10-14(12-19-3)18(20)21)15-8-6-7-9-17(15)22-4/h6-11,13,19H,5,12H2,1-4H3. The molecule has 0 radical (unpaired) electrons. The molecule has 0 fully saturated rings. The number of nitrogens with one attached hydrogen (secondary N) is 1. The van der Waals surface area contributed by atoms with E-state index in [2.05, 4.69) is 19.2 Å². The van der Waals surface area contributed by atoms with Crippen molar-refractivity contribution in [1.29, 1.82) is 0 Å². The molecule has 0 saturated carbocycles. The van der Waals surface area contributed by atoms with E-state index < -0.39 is 0 Å². The van der Waals surface area contributed by atoms with Crippen molar-refractivity contribution in [3.8, 4) is 17.0 Å². The highest BCUT2D eigenvalue weighted by Crippen LogP contribution is 2.30. The van der Waals surface area contributed by atoms with Gasteiger partial charge >= 0.3 is 0 Å². The van der Waals surface area contributed by atoms with Crippen molar-refractivity contribution in [1.82, 2.24) is 9.88 Å². The summed E-state index contributed by atoms with van der Waals surface area (Å²) >= 11 is 0. The Labute approximate surface area is 131 Å². The highest BCUT2D eigenvalue weighted by molar-refractivity contribution is 5.67. The number of nitrogens with zero attached hydrogens (tertiary/aromatic N) is 1. The molecule has 0 aliphatic rings. The maximum absolute atomic E-state index is 12.8. The van der Waals surface area contributed by atoms with E-state index in [0.717, 1.165) is 29.0 Å². The van der Waals surface area contributed by atoms with Crippen LogP contribution in [0.5, 0.6) is 5.75 Å². The molecule has 2 rings (SSSR count). The van der Waals surface area contributed by atoms with Crippen molar-refractivity contribution in [2.24, 2.45) is 0 Å². The maximum Gasteiger partial charge on any atom is 0.255 e. The molecule has 0 bridgehead atoms. The summed E-state index contributed by atoms with van der Waals surface area (Å²) in [6.07, 6.45) is 0.894. The van der Waals surface area contributed by atoms with Crippen LogP contribution in [0.15, 0.2) is 41.2 Å². The first kappa shape index (κ1) is 16.3. The minimum atomic E-state index is 0.0621. The van der Waals surface area contributed by atoms with E-state index in [9.17, 15) is 4.79 Å². The van der Waals surface area contributed by atoms with Crippen LogP contribution in [0.1, 0.15) is 31.9 Å². The molecule has 4 nitrogen and oxygen atoms in total. The minimum Gasteiger partial charge on any atom is -0.496 e. The average Bonchev–Trinajstić information content (AvgIpc) is 2.56. The van der Waals surface area contributed by atoms with Crippen molar-refractivity contribution in [3.05, 3.63) is 52.3 Å². The number of ether oxygens (including phenoxy) is 1. The minimum absolute atomic E-state index is 0.0621. The quantitative estimate of drug-likeness (QED) is 0.891. The molecule has 1 aromatic carbocycles. The number of rotatable bonds is 6. The van der Waals surface area contributed by atoms with Gasteiger partial charge in [0, 0.05) is 23.7 Å². The van der Waals surface area contributed by atoms with Gasteiger partial charge < -0.3 is 14.6 Å². The van der Waals surface area contributed by atoms with E-state index in [4.69, 9.17) is 4.74 Å². The summed E-state index contributed by atoms with van der Waals surface area (Å²) in [6, 6.07) is 11.8. The van der Waals surface area contributed by atoms with Gasteiger partial charge in [-0.15, -0.1) is 0 Å². The first-order chi connectivity index (χ1) is 10.6. The molecular formula is C18H24N2O2. The van der Waals surface area contributed by atoms with Crippen LogP contribution in [0, 0.1) is 0 Å². The average molecular weight is 300 g/mol. The van der Waals surface area contributed by atoms with Crippen molar-refractivity contribution < 1.29 is 4.74 Å². The van der Waals surface area contributed by atoms with Gasteiger partial charge in [0.1, 0.15) is 5.75 Å². The fourth-order valence-electron chi connectivity index (χ4n) is 2.62. The van der Waals surface area contributed by atoms with Crippen LogP contribution in [0.2, 0.25) is 0 Å². The summed E-state index contributed by atoms with van der Waals surface area (Å²) in [5.74, 6) is 0.778. The third-order valence-corrected chi connectivity index (χ3v) is 3.98. The number of benzene rings is 1. The second-order valence-electron chi connectivity index (χ2n) is 5.41. The summed E-state index contributed by atoms with van der Waals surface area (Å²) < 4.78 is 7.34. The lowest BCUT2D eigenvalue weighted by atomic mass is 10.1. The van der Waals surface area contributed by atoms with Crippen LogP contribution in [0.4, 0.5) is 0 Å². The second-order valence-corrected chi connectivity index (χ2v) is 5.41. The Morgan fingerprint density at radius 2 is 1.95 bits per heavy atom. The molecule has 1 N–H and O–H groups in total. The van der Waals surface area contributed by atoms with Crippen LogP contribution < -0.4 is 15.6 Å². The molecule has 1 aromatic heterocycles. The van der Waals surface area contributed by atoms with Crippen LogP contribution in [0.3, 0.4) is 0 Å². The van der Waals surface area contributed by atoms with Crippen LogP contribution in [-0.2, 0) is 6.54 Å². The number of hydrogen-bond donors (Lipinski definition) is 1. The molecular weight excluding hydrogens is 276 g/mol. The van der Waals surface area contributed by atoms with Gasteiger partial charge in [-0.25, -0.2) is 0 Å². The van der Waals surface area contributed by atoms with Gasteiger partial charge in [-0.1, -0.05) is 25.1 Å². The Morgan fingerprint density at radius 1 is 1.23 bits per heavy atom. The highest BCUT2D eigenvalue weighted by atomic mass is 16.5. The molecule has 22 heavy (non-hydrogen) atoms. The normalized spacial score (nSPS) is 12.2. The zero-order valence-corrected chi connectivity index (χ0v) is 13.7. The van der Waals surface area contributed by atoms with Gasteiger partial charge in [-0.05, 0) is 38.6 Å². The van der Waals surface area contributed by atoms with Gasteiger partial charge in [0.25, 0.3) is 5.56 Å². The van der Waals surface area contributed by atoms with E-state index >= 15 is 0 Å². The number of pyridine rings is 1. The number of aromatic nitrogens is 1. The summed E-state index contributed by atoms with van der Waals surface area (Å²) in [5, 5.41) is 3.05. The monoisotopic (exact) mass is 300 g/mol. The lowest BCUT2D eigenvalue weighted by Gasteiger charge is -2.21. The summed E-state index contributed by atoms with van der Waals surface area (Å²) in [6.45, 7) is 4.73. The van der Waals surface area contributed by atoms with Crippen LogP contribution in [0.25, 0.3) is 11.3 Å². The third-order valence-electron chi connectivity index (χ3n) is 3.98. The number of methoxy groups -OCH3 is 1. The smallest absolute Gasteiger partial charge is 0.255 e. The van der Waals surface area contributed by atoms with Gasteiger partial charge in [0.05, 0.1) is 12.8 Å². The van der Waals surface area contributed by atoms with Crippen molar-refractivity contribution >= 4 is 0 Å². The van der Waals surface area contributed by atoms with E-state index in [1.54, 1.807) is 7.11 Å². The molecule has 2 aromatic rings. The van der Waals surface area contributed by atoms with Crippen LogP contribution in [-0.4, -0.2) is 18.7 Å². The van der Waals surface area contributed by atoms with Gasteiger partial charge in [0.15, 0.2) is 0 Å². The molecule has 0 amide bonds. The molecule has 1 unspecified atom stereocenters. The summed E-state index contributed by atoms with van der Waals surface area (Å²) in [4.78, 5) is 12.8. The zero-order chi connectivity index (χ0) is 16.1. The third kappa shape index (κ3) is 3.07. The summed E-state index contributed by atoms with van der Waals surface area (Å²) in [7, 11) is 3.50. The number of hydrogen-bond acceptors (Lipinski definition) is 3. The molecule has 0 spiro atoms. The number of para-hydroxylation sites is 1. The fourth-order valence-corrected chi connectivity index (χ4v) is 2.62. The Balaban J connectivity index is 2.70. The van der Waals surface area contributed by atoms with E-state index in [-0.39, 0.29) is 11.6 Å². The Morgan fingerprint density at radius 3 is 2.59 bits per heavy atom. The second kappa shape index (κ2) is 7.27. The SMILES string of the molecule is CCC(C)n1c(-c2ccccc2OC)ccc(CNC)c1=O. The van der Waals surface area contributed by atoms with E-state index in [1.165, 1.54) is 0 Å². The Kier molecular flexibility index (Phi) is 5.39. The molecule has 0 saturated heterocycles. The lowest BCUT2D eigenvalue weighted by molar-refractivity contribution is 0.415. The zero-order valence-electron chi connectivity index (χ0n) is 13.7. The van der Waals surface area contributed by atoms with Gasteiger partial charge in [-0.3, -0.25) is 4.79 Å². The largest absolute Gasteiger partial charge is 0.496 e. The van der Waals surface area contributed by atoms with Crippen molar-refractivity contribution in [3.63, 3.8) is 0 Å². The molecule has 118 valence electrons. The molecule has 0 aliphatic heterocycles. The van der Waals surface area contributed by atoms with Crippen LogP contribution >= 0.6 is 0 Å². The molecule has 0 aliphatic carbocycles. The Bertz CT molecular complexity index is 692. The van der Waals surface area contributed by atoms with Crippen molar-refractivity contribution in [2.75, 3.05) is 14.2 Å². The molecule has 1 atom stereocenters. The topological polar surface area (TPSA) is 43.3 Å².